The summed E-state index contributed by atoms with van der Waals surface area (Å²) in [4.78, 5) is 72.2. The number of phosphoric ester groups is 2. The zero-order chi connectivity index (χ0) is 64.5. The molecule has 0 aromatic heterocycles. The van der Waals surface area contributed by atoms with Crippen molar-refractivity contribution in [2.75, 3.05) is 39.6 Å². The maximum atomic E-state index is 13.0. The van der Waals surface area contributed by atoms with Crippen molar-refractivity contribution in [1.29, 1.82) is 0 Å². The topological polar surface area (TPSA) is 237 Å². The predicted octanol–water partition coefficient (Wildman–Crippen LogP) is 19.1. The van der Waals surface area contributed by atoms with Gasteiger partial charge < -0.3 is 33.8 Å². The summed E-state index contributed by atoms with van der Waals surface area (Å²) in [5.74, 6) is 0.0298. The Labute approximate surface area is 530 Å². The molecule has 0 spiro atoms. The Morgan fingerprint density at radius 1 is 0.310 bits per heavy atom. The van der Waals surface area contributed by atoms with Gasteiger partial charge in [-0.25, -0.2) is 9.13 Å². The van der Waals surface area contributed by atoms with Gasteiger partial charge in [0.15, 0.2) is 12.2 Å². The zero-order valence-electron chi connectivity index (χ0n) is 56.5. The van der Waals surface area contributed by atoms with Gasteiger partial charge in [0.05, 0.1) is 26.4 Å². The van der Waals surface area contributed by atoms with Crippen molar-refractivity contribution < 1.29 is 80.2 Å². The van der Waals surface area contributed by atoms with Crippen LogP contribution in [0, 0.1) is 17.8 Å². The highest BCUT2D eigenvalue weighted by atomic mass is 31.2. The van der Waals surface area contributed by atoms with Gasteiger partial charge in [0, 0.05) is 25.7 Å². The largest absolute Gasteiger partial charge is 0.472 e. The van der Waals surface area contributed by atoms with Gasteiger partial charge in [-0.1, -0.05) is 286 Å². The van der Waals surface area contributed by atoms with Gasteiger partial charge in [0.1, 0.15) is 19.3 Å². The predicted molar refractivity (Wildman–Crippen MR) is 349 cm³/mol. The molecule has 2 unspecified atom stereocenters. The lowest BCUT2D eigenvalue weighted by molar-refractivity contribution is -0.161. The van der Waals surface area contributed by atoms with E-state index in [4.69, 9.17) is 37.0 Å². The first kappa shape index (κ1) is 85.1. The van der Waals surface area contributed by atoms with Crippen molar-refractivity contribution in [2.45, 2.75) is 356 Å². The van der Waals surface area contributed by atoms with Crippen LogP contribution in [0.25, 0.3) is 0 Å². The van der Waals surface area contributed by atoms with Crippen LogP contribution in [0.15, 0.2) is 0 Å². The van der Waals surface area contributed by atoms with Crippen LogP contribution in [0.2, 0.25) is 0 Å². The molecule has 0 radical (unpaired) electrons. The molecule has 0 aromatic rings. The SMILES string of the molecule is CCCCCCCCCCC(=O)OC[C@H](COP(=O)(O)OC[C@H](O)COP(=O)(O)OC[C@@H](COC(=O)CCCCCCCCC(C)C)OC(=O)CCCCCCCCCCCCCCCCCCCCC(C)C)OC(=O)CCCCCCCCC(C)C. The molecule has 0 saturated carbocycles. The second-order valence-corrected chi connectivity index (χ2v) is 28.9. The lowest BCUT2D eigenvalue weighted by Crippen LogP contribution is -2.30. The van der Waals surface area contributed by atoms with E-state index >= 15 is 0 Å². The highest BCUT2D eigenvalue weighted by Gasteiger charge is 2.30. The van der Waals surface area contributed by atoms with Crippen LogP contribution in [0.4, 0.5) is 0 Å². The van der Waals surface area contributed by atoms with Crippen LogP contribution in [-0.4, -0.2) is 96.7 Å². The second kappa shape index (κ2) is 59.1. The van der Waals surface area contributed by atoms with Gasteiger partial charge >= 0.3 is 39.5 Å². The van der Waals surface area contributed by atoms with E-state index in [0.717, 1.165) is 109 Å². The van der Waals surface area contributed by atoms with Crippen molar-refractivity contribution in [2.24, 2.45) is 17.8 Å². The number of ether oxygens (including phenoxy) is 4. The summed E-state index contributed by atoms with van der Waals surface area (Å²) < 4.78 is 68.0. The number of rotatable bonds is 66. The molecule has 19 heteroatoms. The van der Waals surface area contributed by atoms with Gasteiger partial charge in [-0.15, -0.1) is 0 Å². The maximum Gasteiger partial charge on any atom is 0.472 e. The quantitative estimate of drug-likeness (QED) is 0.0222. The molecule has 5 atom stereocenters. The van der Waals surface area contributed by atoms with Gasteiger partial charge in [-0.2, -0.15) is 0 Å². The number of aliphatic hydroxyl groups is 1. The molecule has 0 amide bonds. The number of hydrogen-bond acceptors (Lipinski definition) is 15. The molecular weight excluding hydrogens is 1150 g/mol. The minimum absolute atomic E-state index is 0.102. The Morgan fingerprint density at radius 3 is 0.782 bits per heavy atom. The molecule has 516 valence electrons. The van der Waals surface area contributed by atoms with Crippen molar-refractivity contribution in [3.63, 3.8) is 0 Å². The van der Waals surface area contributed by atoms with Crippen LogP contribution in [0.3, 0.4) is 0 Å². The van der Waals surface area contributed by atoms with E-state index in [1.165, 1.54) is 135 Å². The standard InChI is InChI=1S/C68H132O17P2/c1-8-9-10-11-12-26-35-42-49-65(70)78-55-64(85-68(73)52-45-38-31-29-34-41-48-61(6)7)58-83-87(76,77)81-54-62(69)53-80-86(74,75)82-57-63(56-79-66(71)50-43-36-30-28-33-40-47-60(4)5)84-67(72)51-44-37-27-24-22-20-18-16-14-13-15-17-19-21-23-25-32-39-46-59(2)3/h59-64,69H,8-58H2,1-7H3,(H,74,75)(H,76,77)/t62-,63-,64-/m1/s1. The fraction of sp³-hybridized carbons (Fsp3) is 0.941. The molecule has 0 saturated heterocycles. The molecule has 0 aromatic carbocycles. The summed E-state index contributed by atoms with van der Waals surface area (Å²) in [6.07, 6.45) is 42.3. The molecule has 0 heterocycles. The number of phosphoric acid groups is 2. The third kappa shape index (κ3) is 62.6. The highest BCUT2D eigenvalue weighted by Crippen LogP contribution is 2.45. The zero-order valence-corrected chi connectivity index (χ0v) is 58.3. The normalized spacial score (nSPS) is 14.3. The number of carbonyl (C=O) groups excluding carboxylic acids is 4. The van der Waals surface area contributed by atoms with Gasteiger partial charge in [-0.3, -0.25) is 37.3 Å². The summed E-state index contributed by atoms with van der Waals surface area (Å²) in [6.45, 7) is 11.7. The number of esters is 4. The molecule has 0 fully saturated rings. The summed E-state index contributed by atoms with van der Waals surface area (Å²) in [5, 5.41) is 10.5. The van der Waals surface area contributed by atoms with E-state index in [9.17, 15) is 43.2 Å². The van der Waals surface area contributed by atoms with Crippen molar-refractivity contribution >= 4 is 39.5 Å². The minimum atomic E-state index is -4.95. The van der Waals surface area contributed by atoms with Gasteiger partial charge in [0.2, 0.25) is 0 Å². The number of aliphatic hydroxyl groups excluding tert-OH is 1. The Balaban J connectivity index is 5.10. The lowest BCUT2D eigenvalue weighted by Gasteiger charge is -2.21. The Kier molecular flexibility index (Phi) is 57.8. The highest BCUT2D eigenvalue weighted by molar-refractivity contribution is 7.47. The summed E-state index contributed by atoms with van der Waals surface area (Å²) in [7, 11) is -9.89. The molecule has 3 N–H and O–H groups in total. The smallest absolute Gasteiger partial charge is 0.462 e. The molecule has 0 bridgehead atoms. The maximum absolute atomic E-state index is 13.0. The fourth-order valence-corrected chi connectivity index (χ4v) is 11.8. The van der Waals surface area contributed by atoms with Crippen molar-refractivity contribution in [3.8, 4) is 0 Å². The minimum Gasteiger partial charge on any atom is -0.462 e. The first-order chi connectivity index (χ1) is 41.7. The summed E-state index contributed by atoms with van der Waals surface area (Å²) in [6, 6.07) is 0. The second-order valence-electron chi connectivity index (χ2n) is 26.0. The van der Waals surface area contributed by atoms with Crippen LogP contribution in [0.5, 0.6) is 0 Å². The van der Waals surface area contributed by atoms with Gasteiger partial charge in [-0.05, 0) is 43.4 Å². The van der Waals surface area contributed by atoms with E-state index in [2.05, 4.69) is 48.5 Å². The molecular formula is C68H132O17P2. The van der Waals surface area contributed by atoms with E-state index in [0.29, 0.717) is 37.5 Å². The van der Waals surface area contributed by atoms with Crippen LogP contribution >= 0.6 is 15.6 Å². The first-order valence-electron chi connectivity index (χ1n) is 35.3. The average molecular weight is 1280 g/mol. The summed E-state index contributed by atoms with van der Waals surface area (Å²) in [5.41, 5.74) is 0. The van der Waals surface area contributed by atoms with E-state index in [1.807, 2.05) is 0 Å². The Morgan fingerprint density at radius 2 is 0.529 bits per heavy atom. The van der Waals surface area contributed by atoms with Crippen molar-refractivity contribution in [1.82, 2.24) is 0 Å². The number of unbranched alkanes of at least 4 members (excludes halogenated alkanes) is 34. The van der Waals surface area contributed by atoms with Gasteiger partial charge in [0.25, 0.3) is 0 Å². The summed E-state index contributed by atoms with van der Waals surface area (Å²) >= 11 is 0. The molecule has 0 rings (SSSR count). The van der Waals surface area contributed by atoms with Crippen LogP contribution < -0.4 is 0 Å². The van der Waals surface area contributed by atoms with E-state index in [-0.39, 0.29) is 25.7 Å². The average Bonchev–Trinajstić information content (AvgIpc) is 3.49. The first-order valence-corrected chi connectivity index (χ1v) is 38.3. The third-order valence-corrected chi connectivity index (χ3v) is 17.5. The Hall–Kier alpha value is -1.94. The van der Waals surface area contributed by atoms with Crippen LogP contribution in [-0.2, 0) is 65.4 Å². The molecule has 0 aliphatic rings. The number of carbonyl (C=O) groups is 4. The van der Waals surface area contributed by atoms with E-state index < -0.39 is 97.5 Å². The number of hydrogen-bond donors (Lipinski definition) is 3. The monoisotopic (exact) mass is 1280 g/mol. The molecule has 87 heavy (non-hydrogen) atoms. The molecule has 0 aliphatic heterocycles. The van der Waals surface area contributed by atoms with Crippen molar-refractivity contribution in [3.05, 3.63) is 0 Å². The third-order valence-electron chi connectivity index (χ3n) is 15.6. The fourth-order valence-electron chi connectivity index (χ4n) is 10.2. The lowest BCUT2D eigenvalue weighted by atomic mass is 10.0. The Bertz CT molecular complexity index is 1720. The molecule has 0 aliphatic carbocycles. The van der Waals surface area contributed by atoms with E-state index in [1.54, 1.807) is 0 Å². The molecule has 17 nitrogen and oxygen atoms in total. The van der Waals surface area contributed by atoms with Crippen LogP contribution in [0.1, 0.15) is 337 Å².